The Morgan fingerprint density at radius 1 is 1.00 bits per heavy atom. The molecule has 0 radical (unpaired) electrons. The normalized spacial score (nSPS) is 15.1. The first kappa shape index (κ1) is 23.1. The molecule has 1 fully saturated rings. The third kappa shape index (κ3) is 5.00. The predicted molar refractivity (Wildman–Crippen MR) is 122 cm³/mol. The van der Waals surface area contributed by atoms with Crippen molar-refractivity contribution < 1.29 is 17.2 Å². The van der Waals surface area contributed by atoms with E-state index in [2.05, 4.69) is 5.10 Å². The second-order valence-corrected chi connectivity index (χ2v) is 9.92. The fraction of sp³-hybridized carbons (Fsp3) is 0.238. The molecule has 0 spiro atoms. The van der Waals surface area contributed by atoms with E-state index in [1.807, 2.05) is 0 Å². The molecule has 3 aromatic rings. The summed E-state index contributed by atoms with van der Waals surface area (Å²) >= 11 is 6.26. The van der Waals surface area contributed by atoms with Crippen LogP contribution in [0.2, 0.25) is 5.02 Å². The van der Waals surface area contributed by atoms with Crippen LogP contribution in [0.1, 0.15) is 5.56 Å². The van der Waals surface area contributed by atoms with Gasteiger partial charge in [0.1, 0.15) is 16.7 Å². The molecule has 33 heavy (non-hydrogen) atoms. The van der Waals surface area contributed by atoms with Gasteiger partial charge in [-0.3, -0.25) is 4.79 Å². The van der Waals surface area contributed by atoms with Gasteiger partial charge in [0.2, 0.25) is 10.0 Å². The number of nitrogens with two attached hydrogens (primary N) is 1. The van der Waals surface area contributed by atoms with Gasteiger partial charge in [-0.05, 0) is 29.8 Å². The van der Waals surface area contributed by atoms with Crippen LogP contribution in [0.4, 0.5) is 20.2 Å². The second-order valence-electron chi connectivity index (χ2n) is 7.57. The highest BCUT2D eigenvalue weighted by molar-refractivity contribution is 7.88. The summed E-state index contributed by atoms with van der Waals surface area (Å²) in [4.78, 5) is 14.4. The van der Waals surface area contributed by atoms with E-state index in [0.29, 0.717) is 36.1 Å². The number of sulfonamides is 1. The van der Waals surface area contributed by atoms with Gasteiger partial charge in [0.25, 0.3) is 5.56 Å². The van der Waals surface area contributed by atoms with Crippen molar-refractivity contribution in [3.8, 4) is 5.69 Å². The van der Waals surface area contributed by atoms with Crippen LogP contribution >= 0.6 is 11.6 Å². The zero-order valence-corrected chi connectivity index (χ0v) is 18.9. The van der Waals surface area contributed by atoms with E-state index in [0.717, 1.165) is 16.8 Å². The Kier molecular flexibility index (Phi) is 6.37. The smallest absolute Gasteiger partial charge is 0.292 e. The van der Waals surface area contributed by atoms with E-state index in [-0.39, 0.29) is 29.6 Å². The summed E-state index contributed by atoms with van der Waals surface area (Å²) in [6.07, 6.45) is 1.32. The predicted octanol–water partition coefficient (Wildman–Crippen LogP) is 2.40. The Balaban J connectivity index is 1.49. The first-order valence-corrected chi connectivity index (χ1v) is 11.9. The molecule has 12 heteroatoms. The molecule has 0 unspecified atom stereocenters. The Morgan fingerprint density at radius 2 is 1.61 bits per heavy atom. The van der Waals surface area contributed by atoms with Crippen LogP contribution in [-0.2, 0) is 15.8 Å². The van der Waals surface area contributed by atoms with Gasteiger partial charge in [-0.25, -0.2) is 17.2 Å². The summed E-state index contributed by atoms with van der Waals surface area (Å²) in [5, 5.41) is 3.83. The molecule has 0 saturated carbocycles. The van der Waals surface area contributed by atoms with Crippen molar-refractivity contribution in [3.05, 3.63) is 81.2 Å². The molecule has 0 bridgehead atoms. The summed E-state index contributed by atoms with van der Waals surface area (Å²) in [7, 11) is -3.54. The van der Waals surface area contributed by atoms with Crippen LogP contribution in [0.15, 0.2) is 53.5 Å². The zero-order chi connectivity index (χ0) is 23.8. The average Bonchev–Trinajstić information content (AvgIpc) is 2.76. The average molecular weight is 496 g/mol. The van der Waals surface area contributed by atoms with E-state index < -0.39 is 27.2 Å². The van der Waals surface area contributed by atoms with Gasteiger partial charge in [0.05, 0.1) is 23.3 Å². The van der Waals surface area contributed by atoms with Crippen LogP contribution in [0, 0.1) is 11.6 Å². The van der Waals surface area contributed by atoms with Gasteiger partial charge in [0, 0.05) is 37.9 Å². The van der Waals surface area contributed by atoms with Gasteiger partial charge in [-0.2, -0.15) is 14.1 Å². The van der Waals surface area contributed by atoms with Gasteiger partial charge in [0.15, 0.2) is 0 Å². The first-order valence-electron chi connectivity index (χ1n) is 9.95. The van der Waals surface area contributed by atoms with Crippen LogP contribution in [-0.4, -0.2) is 48.7 Å². The maximum Gasteiger partial charge on any atom is 0.292 e. The fourth-order valence-electron chi connectivity index (χ4n) is 3.61. The van der Waals surface area contributed by atoms with E-state index in [9.17, 15) is 22.0 Å². The standard InChI is InChI=1S/C21H20ClF2N5O3S/c22-20-19(12-26-29(21(20)30)18-10-15(23)9-16(24)11-18)27-5-7-28(8-6-27)33(31,32)13-14-1-3-17(25)4-2-14/h1-4,9-12H,5-8,13,25H2. The molecule has 1 aromatic heterocycles. The molecule has 4 rings (SSSR count). The number of hydrogen-bond acceptors (Lipinski definition) is 6. The topological polar surface area (TPSA) is 102 Å². The highest BCUT2D eigenvalue weighted by atomic mass is 35.5. The molecule has 2 heterocycles. The molecule has 0 amide bonds. The third-order valence-corrected chi connectivity index (χ3v) is 7.50. The molecule has 8 nitrogen and oxygen atoms in total. The lowest BCUT2D eigenvalue weighted by Gasteiger charge is -2.35. The molecule has 174 valence electrons. The van der Waals surface area contributed by atoms with Gasteiger partial charge in [-0.1, -0.05) is 23.7 Å². The van der Waals surface area contributed by atoms with Crippen molar-refractivity contribution in [2.75, 3.05) is 36.8 Å². The van der Waals surface area contributed by atoms with Crippen molar-refractivity contribution in [3.63, 3.8) is 0 Å². The van der Waals surface area contributed by atoms with E-state index in [1.165, 1.54) is 10.5 Å². The Labute approximate surface area is 193 Å². The minimum absolute atomic E-state index is 0.0930. The SMILES string of the molecule is Nc1ccc(CS(=O)(=O)N2CCN(c3cnn(-c4cc(F)cc(F)c4)c(=O)c3Cl)CC2)cc1. The lowest BCUT2D eigenvalue weighted by atomic mass is 10.2. The summed E-state index contributed by atoms with van der Waals surface area (Å²) in [6.45, 7) is 0.985. The number of benzene rings is 2. The van der Waals surface area contributed by atoms with Crippen LogP contribution in [0.5, 0.6) is 0 Å². The van der Waals surface area contributed by atoms with E-state index >= 15 is 0 Å². The lowest BCUT2D eigenvalue weighted by molar-refractivity contribution is 0.384. The summed E-state index contributed by atoms with van der Waals surface area (Å²) < 4.78 is 54.8. The number of nitrogen functional groups attached to an aromatic ring is 1. The summed E-state index contributed by atoms with van der Waals surface area (Å²) in [5.74, 6) is -1.85. The Morgan fingerprint density at radius 3 is 2.21 bits per heavy atom. The maximum atomic E-state index is 13.5. The molecule has 2 aromatic carbocycles. The van der Waals surface area contributed by atoms with E-state index in [4.69, 9.17) is 17.3 Å². The molecular formula is C21H20ClF2N5O3S. The van der Waals surface area contributed by atoms with Gasteiger partial charge in [-0.15, -0.1) is 0 Å². The minimum Gasteiger partial charge on any atom is -0.399 e. The molecule has 1 aliphatic heterocycles. The molecule has 0 atom stereocenters. The number of nitrogens with zero attached hydrogens (tertiary/aromatic N) is 4. The number of halogens is 3. The number of aromatic nitrogens is 2. The molecule has 1 aliphatic rings. The van der Waals surface area contributed by atoms with Crippen molar-refractivity contribution in [1.82, 2.24) is 14.1 Å². The van der Waals surface area contributed by atoms with Gasteiger partial charge >= 0.3 is 0 Å². The Bertz CT molecular complexity index is 1320. The number of rotatable bonds is 5. The first-order chi connectivity index (χ1) is 15.6. The lowest BCUT2D eigenvalue weighted by Crippen LogP contribution is -2.49. The number of hydrogen-bond donors (Lipinski definition) is 1. The zero-order valence-electron chi connectivity index (χ0n) is 17.3. The molecule has 2 N–H and O–H groups in total. The fourth-order valence-corrected chi connectivity index (χ4v) is 5.38. The largest absolute Gasteiger partial charge is 0.399 e. The van der Waals surface area contributed by atoms with Crippen molar-refractivity contribution in [2.24, 2.45) is 0 Å². The van der Waals surface area contributed by atoms with Crippen LogP contribution in [0.25, 0.3) is 5.69 Å². The second kappa shape index (κ2) is 9.08. The number of anilines is 2. The van der Waals surface area contributed by atoms with Gasteiger partial charge < -0.3 is 10.6 Å². The highest BCUT2D eigenvalue weighted by Crippen LogP contribution is 2.24. The minimum atomic E-state index is -3.54. The molecular weight excluding hydrogens is 476 g/mol. The molecule has 1 saturated heterocycles. The maximum absolute atomic E-state index is 13.5. The summed E-state index contributed by atoms with van der Waals surface area (Å²) in [6, 6.07) is 9.28. The van der Waals surface area contributed by atoms with E-state index in [1.54, 1.807) is 29.2 Å². The molecule has 0 aliphatic carbocycles. The Hall–Kier alpha value is -3.02. The van der Waals surface area contributed by atoms with Crippen molar-refractivity contribution in [2.45, 2.75) is 5.75 Å². The third-order valence-electron chi connectivity index (χ3n) is 5.29. The quantitative estimate of drug-likeness (QED) is 0.545. The monoisotopic (exact) mass is 495 g/mol. The van der Waals surface area contributed by atoms with Crippen LogP contribution in [0.3, 0.4) is 0 Å². The van der Waals surface area contributed by atoms with Crippen molar-refractivity contribution in [1.29, 1.82) is 0 Å². The highest BCUT2D eigenvalue weighted by Gasteiger charge is 2.28. The summed E-state index contributed by atoms with van der Waals surface area (Å²) in [5.41, 5.74) is 6.33. The van der Waals surface area contributed by atoms with Crippen molar-refractivity contribution >= 4 is 33.0 Å². The number of piperazine rings is 1. The van der Waals surface area contributed by atoms with Crippen LogP contribution < -0.4 is 16.2 Å².